The highest BCUT2D eigenvalue weighted by Gasteiger charge is 2.45. The van der Waals surface area contributed by atoms with Crippen molar-refractivity contribution >= 4 is 16.7 Å². The zero-order valence-electron chi connectivity index (χ0n) is 16.0. The van der Waals surface area contributed by atoms with Gasteiger partial charge in [0.25, 0.3) is 5.91 Å². The summed E-state index contributed by atoms with van der Waals surface area (Å²) in [7, 11) is 0. The molecule has 0 bridgehead atoms. The number of ether oxygens (including phenoxy) is 1. The summed E-state index contributed by atoms with van der Waals surface area (Å²) in [4.78, 5) is 21.8. The van der Waals surface area contributed by atoms with Crippen molar-refractivity contribution in [1.82, 2.24) is 14.8 Å². The molecule has 1 saturated carbocycles. The summed E-state index contributed by atoms with van der Waals surface area (Å²) in [6, 6.07) is 10.1. The number of aromatic nitrogens is 1. The van der Waals surface area contributed by atoms with Crippen molar-refractivity contribution in [1.29, 1.82) is 0 Å². The zero-order chi connectivity index (χ0) is 19.1. The average Bonchev–Trinajstić information content (AvgIpc) is 3.15. The lowest BCUT2D eigenvalue weighted by Gasteiger charge is -2.43. The topological polar surface area (TPSA) is 65.9 Å². The maximum Gasteiger partial charge on any atom is 0.272 e. The van der Waals surface area contributed by atoms with E-state index in [1.165, 1.54) is 0 Å². The van der Waals surface area contributed by atoms with Crippen LogP contribution in [0.3, 0.4) is 0 Å². The van der Waals surface area contributed by atoms with Crippen LogP contribution in [0.2, 0.25) is 0 Å². The fourth-order valence-corrected chi connectivity index (χ4v) is 5.24. The van der Waals surface area contributed by atoms with Crippen LogP contribution in [0.4, 0.5) is 0 Å². The van der Waals surface area contributed by atoms with Gasteiger partial charge in [0.15, 0.2) is 0 Å². The van der Waals surface area contributed by atoms with Crippen LogP contribution in [0, 0.1) is 11.8 Å². The molecule has 0 radical (unpaired) electrons. The lowest BCUT2D eigenvalue weighted by molar-refractivity contribution is -0.0520. The van der Waals surface area contributed by atoms with E-state index in [2.05, 4.69) is 9.88 Å². The molecule has 1 N–H and O–H groups in total. The molecule has 3 fully saturated rings. The monoisotopic (exact) mass is 381 g/mol. The van der Waals surface area contributed by atoms with Crippen molar-refractivity contribution in [2.75, 3.05) is 39.4 Å². The predicted octanol–water partition coefficient (Wildman–Crippen LogP) is 1.78. The number of rotatable bonds is 2. The van der Waals surface area contributed by atoms with Gasteiger partial charge in [-0.15, -0.1) is 0 Å². The van der Waals surface area contributed by atoms with Crippen molar-refractivity contribution in [3.8, 4) is 0 Å². The molecule has 0 spiro atoms. The minimum absolute atomic E-state index is 0.0116. The van der Waals surface area contributed by atoms with Crippen LogP contribution in [-0.2, 0) is 4.74 Å². The molecular weight excluding hydrogens is 354 g/mol. The molecule has 28 heavy (non-hydrogen) atoms. The van der Waals surface area contributed by atoms with Crippen LogP contribution >= 0.6 is 0 Å². The van der Waals surface area contributed by atoms with E-state index in [1.807, 2.05) is 35.2 Å². The number of aliphatic hydroxyl groups excluding tert-OH is 1. The van der Waals surface area contributed by atoms with Gasteiger partial charge in [0.05, 0.1) is 19.3 Å². The SMILES string of the molecule is O=C(c1cc2ccccc2cn1)N1C[C@H]2C[C@@H](N3CCOCC3)[C@H](O)C[C@H]2C1. The van der Waals surface area contributed by atoms with E-state index in [0.717, 1.165) is 63.0 Å². The number of pyridine rings is 1. The molecule has 1 amide bonds. The fourth-order valence-electron chi connectivity index (χ4n) is 5.24. The molecule has 2 aromatic rings. The van der Waals surface area contributed by atoms with Crippen LogP contribution in [0.1, 0.15) is 23.3 Å². The number of carbonyl (C=O) groups is 1. The van der Waals surface area contributed by atoms with E-state index in [1.54, 1.807) is 6.20 Å². The lowest BCUT2D eigenvalue weighted by Crippen LogP contribution is -2.53. The second-order valence-electron chi connectivity index (χ2n) is 8.40. The number of fused-ring (bicyclic) bond motifs is 2. The second kappa shape index (κ2) is 7.43. The number of morpholine rings is 1. The van der Waals surface area contributed by atoms with Gasteiger partial charge < -0.3 is 14.7 Å². The molecule has 2 saturated heterocycles. The summed E-state index contributed by atoms with van der Waals surface area (Å²) in [5, 5.41) is 12.8. The Morgan fingerprint density at radius 3 is 2.57 bits per heavy atom. The number of likely N-dealkylation sites (tertiary alicyclic amines) is 1. The normalized spacial score (nSPS) is 31.1. The number of carbonyl (C=O) groups excluding carboxylic acids is 1. The molecule has 1 aliphatic carbocycles. The largest absolute Gasteiger partial charge is 0.391 e. The van der Waals surface area contributed by atoms with Gasteiger partial charge in [-0.25, -0.2) is 0 Å². The lowest BCUT2D eigenvalue weighted by atomic mass is 9.77. The van der Waals surface area contributed by atoms with E-state index >= 15 is 0 Å². The van der Waals surface area contributed by atoms with E-state index in [0.29, 0.717) is 17.5 Å². The van der Waals surface area contributed by atoms with Gasteiger partial charge in [-0.2, -0.15) is 0 Å². The van der Waals surface area contributed by atoms with Crippen molar-refractivity contribution in [2.24, 2.45) is 11.8 Å². The van der Waals surface area contributed by atoms with Crippen LogP contribution in [0.15, 0.2) is 36.5 Å². The first kappa shape index (κ1) is 18.0. The van der Waals surface area contributed by atoms with Gasteiger partial charge in [0.1, 0.15) is 5.69 Å². The first-order chi connectivity index (χ1) is 13.7. The molecule has 6 heteroatoms. The quantitative estimate of drug-likeness (QED) is 0.859. The Balaban J connectivity index is 1.30. The Bertz CT molecular complexity index is 867. The molecule has 6 nitrogen and oxygen atoms in total. The summed E-state index contributed by atoms with van der Waals surface area (Å²) < 4.78 is 5.46. The number of aliphatic hydroxyl groups is 1. The molecule has 148 valence electrons. The van der Waals surface area contributed by atoms with Crippen LogP contribution < -0.4 is 0 Å². The van der Waals surface area contributed by atoms with Crippen molar-refractivity contribution in [2.45, 2.75) is 25.0 Å². The van der Waals surface area contributed by atoms with Gasteiger partial charge >= 0.3 is 0 Å². The van der Waals surface area contributed by atoms with Crippen LogP contribution in [0.25, 0.3) is 10.8 Å². The summed E-state index contributed by atoms with van der Waals surface area (Å²) in [6.07, 6.45) is 3.21. The first-order valence-electron chi connectivity index (χ1n) is 10.3. The third-order valence-electron chi connectivity index (χ3n) is 6.76. The Labute approximate surface area is 165 Å². The summed E-state index contributed by atoms with van der Waals surface area (Å²) >= 11 is 0. The molecule has 2 aliphatic heterocycles. The van der Waals surface area contributed by atoms with Crippen molar-refractivity contribution in [3.63, 3.8) is 0 Å². The summed E-state index contributed by atoms with van der Waals surface area (Å²) in [6.45, 7) is 4.77. The highest BCUT2D eigenvalue weighted by molar-refractivity contribution is 5.96. The molecular formula is C22H27N3O3. The van der Waals surface area contributed by atoms with Crippen LogP contribution in [0.5, 0.6) is 0 Å². The van der Waals surface area contributed by atoms with E-state index in [9.17, 15) is 9.90 Å². The summed E-state index contributed by atoms with van der Waals surface area (Å²) in [5.74, 6) is 0.856. The van der Waals surface area contributed by atoms with E-state index in [-0.39, 0.29) is 18.1 Å². The van der Waals surface area contributed by atoms with E-state index < -0.39 is 0 Å². The number of amides is 1. The zero-order valence-corrected chi connectivity index (χ0v) is 16.0. The number of benzene rings is 1. The van der Waals surface area contributed by atoms with Crippen LogP contribution in [-0.4, -0.2) is 77.3 Å². The Morgan fingerprint density at radius 2 is 1.79 bits per heavy atom. The molecule has 5 rings (SSSR count). The van der Waals surface area contributed by atoms with E-state index in [4.69, 9.17) is 4.74 Å². The third kappa shape index (κ3) is 3.30. The molecule has 3 heterocycles. The maximum atomic E-state index is 13.1. The third-order valence-corrected chi connectivity index (χ3v) is 6.76. The Morgan fingerprint density at radius 1 is 1.07 bits per heavy atom. The fraction of sp³-hybridized carbons (Fsp3) is 0.545. The minimum Gasteiger partial charge on any atom is -0.391 e. The van der Waals surface area contributed by atoms with Crippen molar-refractivity contribution in [3.05, 3.63) is 42.2 Å². The molecule has 0 unspecified atom stereocenters. The number of hydrogen-bond donors (Lipinski definition) is 1. The van der Waals surface area contributed by atoms with Gasteiger partial charge in [-0.1, -0.05) is 24.3 Å². The highest BCUT2D eigenvalue weighted by atomic mass is 16.5. The highest BCUT2D eigenvalue weighted by Crippen LogP contribution is 2.39. The van der Waals surface area contributed by atoms with Crippen molar-refractivity contribution < 1.29 is 14.6 Å². The van der Waals surface area contributed by atoms with Gasteiger partial charge in [-0.05, 0) is 36.1 Å². The molecule has 1 aromatic heterocycles. The maximum absolute atomic E-state index is 13.1. The number of hydrogen-bond acceptors (Lipinski definition) is 5. The summed E-state index contributed by atoms with van der Waals surface area (Å²) in [5.41, 5.74) is 0.516. The van der Waals surface area contributed by atoms with Gasteiger partial charge in [0.2, 0.25) is 0 Å². The average molecular weight is 381 g/mol. The molecule has 3 aliphatic rings. The smallest absolute Gasteiger partial charge is 0.272 e. The predicted molar refractivity (Wildman–Crippen MR) is 106 cm³/mol. The first-order valence-corrected chi connectivity index (χ1v) is 10.3. The molecule has 1 aromatic carbocycles. The Hall–Kier alpha value is -2.02. The standard InChI is InChI=1S/C22H27N3O3/c26-21-11-18-14-25(13-17(18)10-20(21)24-5-7-28-8-6-24)22(27)19-9-15-3-1-2-4-16(15)12-23-19/h1-4,9,12,17-18,20-21,26H,5-8,10-11,13-14H2/t17-,18+,20-,21-/m1/s1. The minimum atomic E-state index is -0.312. The number of nitrogens with zero attached hydrogens (tertiary/aromatic N) is 3. The van der Waals surface area contributed by atoms with Gasteiger partial charge in [-0.3, -0.25) is 14.7 Å². The molecule has 4 atom stereocenters. The van der Waals surface area contributed by atoms with Gasteiger partial charge in [0, 0.05) is 43.8 Å². The second-order valence-corrected chi connectivity index (χ2v) is 8.40. The Kier molecular flexibility index (Phi) is 4.78.